The van der Waals surface area contributed by atoms with Crippen molar-refractivity contribution in [3.63, 3.8) is 0 Å². The zero-order valence-electron chi connectivity index (χ0n) is 17.5. The van der Waals surface area contributed by atoms with Gasteiger partial charge in [0.15, 0.2) is 0 Å². The van der Waals surface area contributed by atoms with Crippen LogP contribution < -0.4 is 15.0 Å². The van der Waals surface area contributed by atoms with Gasteiger partial charge in [-0.25, -0.2) is 4.90 Å². The van der Waals surface area contributed by atoms with Crippen molar-refractivity contribution in [1.29, 1.82) is 0 Å². The minimum Gasteiger partial charge on any atom is -0.495 e. The minimum absolute atomic E-state index is 0.188. The Morgan fingerprint density at radius 3 is 2.19 bits per heavy atom. The van der Waals surface area contributed by atoms with E-state index in [2.05, 4.69) is 5.32 Å². The molecule has 0 spiro atoms. The number of para-hydroxylation sites is 2. The van der Waals surface area contributed by atoms with E-state index in [-0.39, 0.29) is 5.91 Å². The summed E-state index contributed by atoms with van der Waals surface area (Å²) in [7, 11) is 1.50. The van der Waals surface area contributed by atoms with Crippen LogP contribution in [0.1, 0.15) is 12.5 Å². The van der Waals surface area contributed by atoms with Crippen LogP contribution in [0.5, 0.6) is 5.75 Å². The number of hydrogen-bond acceptors (Lipinski definition) is 5. The fourth-order valence-corrected chi connectivity index (χ4v) is 4.44. The number of carbonyl (C=O) groups is 3. The highest BCUT2D eigenvalue weighted by Gasteiger charge is 2.41. The summed E-state index contributed by atoms with van der Waals surface area (Å²) in [6.07, 6.45) is 0. The third-order valence-corrected chi connectivity index (χ3v) is 5.92. The summed E-state index contributed by atoms with van der Waals surface area (Å²) in [5.41, 5.74) is 1.90. The van der Waals surface area contributed by atoms with Gasteiger partial charge >= 0.3 is 0 Å². The molecule has 0 radical (unpaired) electrons. The van der Waals surface area contributed by atoms with Gasteiger partial charge in [-0.2, -0.15) is 0 Å². The molecule has 6 nitrogen and oxygen atoms in total. The first-order chi connectivity index (χ1) is 15.5. The van der Waals surface area contributed by atoms with Gasteiger partial charge in [0, 0.05) is 17.5 Å². The molecule has 0 unspecified atom stereocenters. The van der Waals surface area contributed by atoms with E-state index in [0.29, 0.717) is 33.2 Å². The molecule has 0 bridgehead atoms. The molecule has 0 aromatic heterocycles. The number of hydrogen-bond donors (Lipinski definition) is 1. The van der Waals surface area contributed by atoms with E-state index in [1.54, 1.807) is 48.5 Å². The maximum absolute atomic E-state index is 13.6. The number of imide groups is 1. The Kier molecular flexibility index (Phi) is 6.09. The summed E-state index contributed by atoms with van der Waals surface area (Å²) in [5.74, 6) is -0.591. The van der Waals surface area contributed by atoms with Gasteiger partial charge in [-0.3, -0.25) is 14.4 Å². The van der Waals surface area contributed by atoms with E-state index in [1.165, 1.54) is 25.8 Å². The van der Waals surface area contributed by atoms with Crippen LogP contribution in [-0.4, -0.2) is 24.8 Å². The normalized spacial score (nSPS) is 13.5. The van der Waals surface area contributed by atoms with E-state index < -0.39 is 11.8 Å². The number of carbonyl (C=O) groups excluding carboxylic acids is 3. The molecular formula is C25H20N2O4S. The van der Waals surface area contributed by atoms with Crippen molar-refractivity contribution < 1.29 is 19.1 Å². The summed E-state index contributed by atoms with van der Waals surface area (Å²) in [6, 6.07) is 23.2. The lowest BCUT2D eigenvalue weighted by atomic mass is 10.1. The molecule has 4 rings (SSSR count). The Morgan fingerprint density at radius 2 is 1.53 bits per heavy atom. The lowest BCUT2D eigenvalue weighted by Crippen LogP contribution is -2.31. The molecule has 0 aliphatic carbocycles. The standard InChI is InChI=1S/C25H20N2O4S/c1-16(28)26-18-14-12-17(13-15-18)22-23(32-19-8-4-3-5-9-19)25(30)27(24(22)29)20-10-6-7-11-21(20)31-2/h3-15H,1-2H3,(H,26,28). The zero-order chi connectivity index (χ0) is 22.7. The van der Waals surface area contributed by atoms with Crippen molar-refractivity contribution in [2.75, 3.05) is 17.3 Å². The number of ether oxygens (including phenoxy) is 1. The maximum Gasteiger partial charge on any atom is 0.273 e. The molecule has 1 aliphatic rings. The SMILES string of the molecule is COc1ccccc1N1C(=O)C(Sc2ccccc2)=C(c2ccc(NC(C)=O)cc2)C1=O. The molecule has 3 aromatic rings. The van der Waals surface area contributed by atoms with Gasteiger partial charge in [0.1, 0.15) is 5.75 Å². The molecule has 3 amide bonds. The average Bonchev–Trinajstić information content (AvgIpc) is 3.04. The zero-order valence-corrected chi connectivity index (χ0v) is 18.3. The monoisotopic (exact) mass is 444 g/mol. The first-order valence-electron chi connectivity index (χ1n) is 9.86. The van der Waals surface area contributed by atoms with Crippen molar-refractivity contribution in [1.82, 2.24) is 0 Å². The number of anilines is 2. The summed E-state index contributed by atoms with van der Waals surface area (Å²) >= 11 is 1.25. The van der Waals surface area contributed by atoms with Crippen molar-refractivity contribution in [3.05, 3.63) is 89.3 Å². The van der Waals surface area contributed by atoms with Gasteiger partial charge in [0.05, 0.1) is 23.3 Å². The second kappa shape index (κ2) is 9.11. The Bertz CT molecular complexity index is 1220. The topological polar surface area (TPSA) is 75.7 Å². The van der Waals surface area contributed by atoms with Gasteiger partial charge in [-0.15, -0.1) is 0 Å². The van der Waals surface area contributed by atoms with Crippen LogP contribution >= 0.6 is 11.8 Å². The highest BCUT2D eigenvalue weighted by atomic mass is 32.2. The predicted molar refractivity (Wildman–Crippen MR) is 125 cm³/mol. The number of methoxy groups -OCH3 is 1. The molecule has 1 heterocycles. The Balaban J connectivity index is 1.80. The number of nitrogens with one attached hydrogen (secondary N) is 1. The van der Waals surface area contributed by atoms with Crippen LogP contribution in [0.2, 0.25) is 0 Å². The van der Waals surface area contributed by atoms with E-state index in [4.69, 9.17) is 4.74 Å². The number of rotatable bonds is 6. The van der Waals surface area contributed by atoms with Crippen molar-refractivity contribution in [2.24, 2.45) is 0 Å². The molecule has 1 N–H and O–H groups in total. The fraction of sp³-hybridized carbons (Fsp3) is 0.0800. The molecule has 160 valence electrons. The molecule has 0 fully saturated rings. The fourth-order valence-electron chi connectivity index (χ4n) is 3.42. The van der Waals surface area contributed by atoms with Crippen LogP contribution in [-0.2, 0) is 14.4 Å². The van der Waals surface area contributed by atoms with Crippen LogP contribution in [0, 0.1) is 0 Å². The van der Waals surface area contributed by atoms with E-state index >= 15 is 0 Å². The number of benzene rings is 3. The van der Waals surface area contributed by atoms with Gasteiger partial charge in [0.25, 0.3) is 11.8 Å². The Labute approximate surface area is 189 Å². The van der Waals surface area contributed by atoms with Crippen LogP contribution in [0.4, 0.5) is 11.4 Å². The smallest absolute Gasteiger partial charge is 0.273 e. The molecule has 3 aromatic carbocycles. The number of amides is 3. The third-order valence-electron chi connectivity index (χ3n) is 4.82. The van der Waals surface area contributed by atoms with Crippen LogP contribution in [0.25, 0.3) is 5.57 Å². The van der Waals surface area contributed by atoms with Crippen molar-refractivity contribution >= 4 is 46.4 Å². The minimum atomic E-state index is -0.426. The molecule has 0 saturated carbocycles. The lowest BCUT2D eigenvalue weighted by Gasteiger charge is -2.18. The van der Waals surface area contributed by atoms with E-state index in [0.717, 1.165) is 9.80 Å². The maximum atomic E-state index is 13.6. The predicted octanol–water partition coefficient (Wildman–Crippen LogP) is 4.73. The van der Waals surface area contributed by atoms with Gasteiger partial charge in [-0.1, -0.05) is 54.2 Å². The van der Waals surface area contributed by atoms with Crippen LogP contribution in [0.15, 0.2) is 88.7 Å². The summed E-state index contributed by atoms with van der Waals surface area (Å²) < 4.78 is 5.39. The summed E-state index contributed by atoms with van der Waals surface area (Å²) in [6.45, 7) is 1.43. The number of thioether (sulfide) groups is 1. The third kappa shape index (κ3) is 4.15. The first kappa shape index (κ1) is 21.4. The van der Waals surface area contributed by atoms with Gasteiger partial charge in [-0.05, 0) is 42.0 Å². The summed E-state index contributed by atoms with van der Waals surface area (Å²) in [4.78, 5) is 40.7. The van der Waals surface area contributed by atoms with E-state index in [9.17, 15) is 14.4 Å². The van der Waals surface area contributed by atoms with Crippen molar-refractivity contribution in [3.8, 4) is 5.75 Å². The van der Waals surface area contributed by atoms with Crippen LogP contribution in [0.3, 0.4) is 0 Å². The van der Waals surface area contributed by atoms with Gasteiger partial charge < -0.3 is 10.1 Å². The first-order valence-corrected chi connectivity index (χ1v) is 10.7. The lowest BCUT2D eigenvalue weighted by molar-refractivity contribution is -0.120. The second-order valence-corrected chi connectivity index (χ2v) is 8.08. The molecule has 7 heteroatoms. The van der Waals surface area contributed by atoms with Crippen molar-refractivity contribution in [2.45, 2.75) is 11.8 Å². The van der Waals surface area contributed by atoms with E-state index in [1.807, 2.05) is 30.3 Å². The van der Waals surface area contributed by atoms with Gasteiger partial charge in [0.2, 0.25) is 5.91 Å². The molecule has 1 aliphatic heterocycles. The summed E-state index contributed by atoms with van der Waals surface area (Å²) in [5, 5.41) is 2.70. The quantitative estimate of drug-likeness (QED) is 0.557. The Morgan fingerprint density at radius 1 is 0.875 bits per heavy atom. The number of nitrogens with zero attached hydrogens (tertiary/aromatic N) is 1. The second-order valence-electron chi connectivity index (χ2n) is 7.00. The average molecular weight is 445 g/mol. The Hall–Kier alpha value is -3.84. The highest BCUT2D eigenvalue weighted by molar-refractivity contribution is 8.04. The molecule has 32 heavy (non-hydrogen) atoms. The largest absolute Gasteiger partial charge is 0.495 e. The molecule has 0 atom stereocenters. The highest BCUT2D eigenvalue weighted by Crippen LogP contribution is 2.43. The molecular weight excluding hydrogens is 424 g/mol. The molecule has 0 saturated heterocycles.